The van der Waals surface area contributed by atoms with Crippen LogP contribution in [-0.2, 0) is 13.5 Å². The molecule has 0 bridgehead atoms. The molecule has 1 atom stereocenters. The largest absolute Gasteiger partial charge is 0.271 e. The second-order valence-electron chi connectivity index (χ2n) is 3.72. The maximum absolute atomic E-state index is 6.18. The molecule has 1 unspecified atom stereocenters. The summed E-state index contributed by atoms with van der Waals surface area (Å²) in [6.45, 7) is 1.93. The molecular formula is C9H13ClN6S. The van der Waals surface area contributed by atoms with Gasteiger partial charge in [-0.15, -0.1) is 5.10 Å². The summed E-state index contributed by atoms with van der Waals surface area (Å²) >= 11 is 7.50. The van der Waals surface area contributed by atoms with Gasteiger partial charge in [-0.25, -0.2) is 0 Å². The van der Waals surface area contributed by atoms with Crippen molar-refractivity contribution in [3.05, 3.63) is 27.5 Å². The zero-order chi connectivity index (χ0) is 12.4. The molecule has 0 radical (unpaired) electrons. The van der Waals surface area contributed by atoms with Crippen molar-refractivity contribution in [1.82, 2.24) is 24.8 Å². The highest BCUT2D eigenvalue weighted by Crippen LogP contribution is 2.26. The van der Waals surface area contributed by atoms with E-state index in [-0.39, 0.29) is 6.04 Å². The highest BCUT2D eigenvalue weighted by Gasteiger charge is 2.19. The van der Waals surface area contributed by atoms with Crippen LogP contribution in [-0.4, -0.2) is 19.4 Å². The first kappa shape index (κ1) is 12.4. The number of nitrogens with one attached hydrogen (secondary N) is 1. The first-order valence-corrected chi connectivity index (χ1v) is 6.20. The van der Waals surface area contributed by atoms with Crippen molar-refractivity contribution >= 4 is 23.1 Å². The molecule has 0 amide bonds. The molecule has 0 aliphatic heterocycles. The van der Waals surface area contributed by atoms with E-state index in [0.29, 0.717) is 11.6 Å². The van der Waals surface area contributed by atoms with E-state index in [4.69, 9.17) is 17.4 Å². The second kappa shape index (κ2) is 5.09. The lowest BCUT2D eigenvalue weighted by molar-refractivity contribution is 0.558. The summed E-state index contributed by atoms with van der Waals surface area (Å²) in [7, 11) is 1.82. The number of rotatable bonds is 4. The van der Waals surface area contributed by atoms with Gasteiger partial charge in [-0.3, -0.25) is 16.0 Å². The SMILES string of the molecule is Cc1nn(C)c(Cl)c1CC(NN)c1cnns1. The summed E-state index contributed by atoms with van der Waals surface area (Å²) in [4.78, 5) is 0.979. The predicted molar refractivity (Wildman–Crippen MR) is 66.6 cm³/mol. The Labute approximate surface area is 108 Å². The van der Waals surface area contributed by atoms with Crippen LogP contribution >= 0.6 is 23.1 Å². The molecule has 0 aliphatic rings. The van der Waals surface area contributed by atoms with Gasteiger partial charge in [0.05, 0.1) is 22.8 Å². The van der Waals surface area contributed by atoms with E-state index in [2.05, 4.69) is 20.1 Å². The molecule has 17 heavy (non-hydrogen) atoms. The van der Waals surface area contributed by atoms with Crippen LogP contribution in [0.25, 0.3) is 0 Å². The zero-order valence-corrected chi connectivity index (χ0v) is 11.1. The standard InChI is InChI=1S/C9H13ClN6S/c1-5-6(9(10)16(2)14-5)3-7(13-11)8-4-12-15-17-8/h4,7,13H,3,11H2,1-2H3. The van der Waals surface area contributed by atoms with E-state index >= 15 is 0 Å². The minimum absolute atomic E-state index is 0.0459. The van der Waals surface area contributed by atoms with E-state index < -0.39 is 0 Å². The summed E-state index contributed by atoms with van der Waals surface area (Å²) in [6, 6.07) is -0.0459. The molecule has 0 spiro atoms. The fraction of sp³-hybridized carbons (Fsp3) is 0.444. The van der Waals surface area contributed by atoms with Gasteiger partial charge >= 0.3 is 0 Å². The van der Waals surface area contributed by atoms with Crippen molar-refractivity contribution in [3.63, 3.8) is 0 Å². The maximum Gasteiger partial charge on any atom is 0.130 e. The third-order valence-electron chi connectivity index (χ3n) is 2.60. The van der Waals surface area contributed by atoms with E-state index in [1.165, 1.54) is 11.5 Å². The summed E-state index contributed by atoms with van der Waals surface area (Å²) < 4.78 is 5.48. The fourth-order valence-electron chi connectivity index (χ4n) is 1.68. The number of aryl methyl sites for hydroxylation is 2. The Bertz CT molecular complexity index is 494. The van der Waals surface area contributed by atoms with Crippen LogP contribution in [0.15, 0.2) is 6.20 Å². The third-order valence-corrected chi connectivity index (χ3v) is 3.85. The Hall–Kier alpha value is -1.02. The first-order chi connectivity index (χ1) is 8.13. The van der Waals surface area contributed by atoms with Gasteiger partial charge in [0.2, 0.25) is 0 Å². The number of halogens is 1. The van der Waals surface area contributed by atoms with Crippen LogP contribution in [0.5, 0.6) is 0 Å². The summed E-state index contributed by atoms with van der Waals surface area (Å²) in [5.74, 6) is 5.55. The molecule has 6 nitrogen and oxygen atoms in total. The molecule has 0 aromatic carbocycles. The molecule has 2 rings (SSSR count). The second-order valence-corrected chi connectivity index (χ2v) is 4.90. The van der Waals surface area contributed by atoms with Crippen LogP contribution in [0.4, 0.5) is 0 Å². The summed E-state index contributed by atoms with van der Waals surface area (Å²) in [6.07, 6.45) is 2.37. The van der Waals surface area contributed by atoms with Gasteiger partial charge in [-0.2, -0.15) is 5.10 Å². The van der Waals surface area contributed by atoms with Crippen molar-refractivity contribution in [3.8, 4) is 0 Å². The van der Waals surface area contributed by atoms with Gasteiger partial charge in [0.25, 0.3) is 0 Å². The minimum Gasteiger partial charge on any atom is -0.271 e. The van der Waals surface area contributed by atoms with Crippen LogP contribution in [0.3, 0.4) is 0 Å². The van der Waals surface area contributed by atoms with Crippen LogP contribution in [0.1, 0.15) is 22.2 Å². The number of hydrazine groups is 1. The molecule has 2 aromatic heterocycles. The molecule has 92 valence electrons. The molecule has 0 aliphatic carbocycles. The van der Waals surface area contributed by atoms with Gasteiger partial charge in [-0.05, 0) is 24.9 Å². The molecule has 0 saturated heterocycles. The first-order valence-electron chi connectivity index (χ1n) is 5.04. The lowest BCUT2D eigenvalue weighted by Crippen LogP contribution is -2.29. The van der Waals surface area contributed by atoms with Crippen LogP contribution in [0, 0.1) is 6.92 Å². The fourth-order valence-corrected chi connectivity index (χ4v) is 2.49. The van der Waals surface area contributed by atoms with Crippen molar-refractivity contribution in [2.45, 2.75) is 19.4 Å². The number of nitrogens with two attached hydrogens (primary N) is 1. The number of hydrogen-bond donors (Lipinski definition) is 2. The Morgan fingerprint density at radius 1 is 1.65 bits per heavy atom. The Morgan fingerprint density at radius 2 is 2.41 bits per heavy atom. The molecular weight excluding hydrogens is 260 g/mol. The van der Waals surface area contributed by atoms with Crippen molar-refractivity contribution in [1.29, 1.82) is 0 Å². The average Bonchev–Trinajstić information content (AvgIpc) is 2.89. The average molecular weight is 273 g/mol. The van der Waals surface area contributed by atoms with Crippen molar-refractivity contribution in [2.75, 3.05) is 0 Å². The van der Waals surface area contributed by atoms with Gasteiger partial charge in [0.1, 0.15) is 5.15 Å². The van der Waals surface area contributed by atoms with Crippen LogP contribution in [0.2, 0.25) is 5.15 Å². The highest BCUT2D eigenvalue weighted by molar-refractivity contribution is 7.05. The Kier molecular flexibility index (Phi) is 3.72. The topological polar surface area (TPSA) is 81.7 Å². The normalized spacial score (nSPS) is 12.9. The Balaban J connectivity index is 2.24. The maximum atomic E-state index is 6.18. The molecule has 3 N–H and O–H groups in total. The van der Waals surface area contributed by atoms with E-state index in [1.807, 2.05) is 14.0 Å². The van der Waals surface area contributed by atoms with Crippen molar-refractivity contribution < 1.29 is 0 Å². The monoisotopic (exact) mass is 272 g/mol. The quantitative estimate of drug-likeness (QED) is 0.641. The van der Waals surface area contributed by atoms with Gasteiger partial charge in [0.15, 0.2) is 0 Å². The Morgan fingerprint density at radius 3 is 2.88 bits per heavy atom. The van der Waals surface area contributed by atoms with E-state index in [1.54, 1.807) is 10.9 Å². The lowest BCUT2D eigenvalue weighted by Gasteiger charge is -2.12. The van der Waals surface area contributed by atoms with Gasteiger partial charge in [-0.1, -0.05) is 16.1 Å². The van der Waals surface area contributed by atoms with Crippen molar-refractivity contribution in [2.24, 2.45) is 12.9 Å². The highest BCUT2D eigenvalue weighted by atomic mass is 35.5. The van der Waals surface area contributed by atoms with Crippen LogP contribution < -0.4 is 11.3 Å². The molecule has 0 saturated carbocycles. The zero-order valence-electron chi connectivity index (χ0n) is 9.51. The molecule has 2 heterocycles. The van der Waals surface area contributed by atoms with E-state index in [9.17, 15) is 0 Å². The molecule has 2 aromatic rings. The predicted octanol–water partition coefficient (Wildman–Crippen LogP) is 0.981. The van der Waals surface area contributed by atoms with Gasteiger partial charge in [0, 0.05) is 12.6 Å². The number of nitrogens with zero attached hydrogens (tertiary/aromatic N) is 4. The minimum atomic E-state index is -0.0459. The number of aromatic nitrogens is 4. The summed E-state index contributed by atoms with van der Waals surface area (Å²) in [5, 5.41) is 8.71. The smallest absolute Gasteiger partial charge is 0.130 e. The lowest BCUT2D eigenvalue weighted by atomic mass is 10.1. The molecule has 8 heteroatoms. The molecule has 0 fully saturated rings. The third kappa shape index (κ3) is 2.47. The van der Waals surface area contributed by atoms with E-state index in [0.717, 1.165) is 16.1 Å². The van der Waals surface area contributed by atoms with Gasteiger partial charge < -0.3 is 0 Å². The number of hydrogen-bond acceptors (Lipinski definition) is 6. The summed E-state index contributed by atoms with van der Waals surface area (Å²) in [5.41, 5.74) is 4.65.